The van der Waals surface area contributed by atoms with Crippen LogP contribution >= 0.6 is 23.1 Å². The summed E-state index contributed by atoms with van der Waals surface area (Å²) in [6, 6.07) is 3.28. The van der Waals surface area contributed by atoms with E-state index >= 15 is 0 Å². The quantitative estimate of drug-likeness (QED) is 0.855. The first-order valence-corrected chi connectivity index (χ1v) is 8.13. The molecule has 1 heterocycles. The molecule has 3 rings (SSSR count). The van der Waals surface area contributed by atoms with Crippen molar-refractivity contribution in [2.24, 2.45) is 0 Å². The second-order valence-electron chi connectivity index (χ2n) is 4.63. The minimum Gasteiger partial charge on any atom is -0.300 e. The Morgan fingerprint density at radius 3 is 2.90 bits per heavy atom. The lowest BCUT2D eigenvalue weighted by molar-refractivity contribution is -0.113. The maximum atomic E-state index is 13.4. The highest BCUT2D eigenvalue weighted by Gasteiger charge is 2.27. The zero-order valence-electron chi connectivity index (χ0n) is 10.8. The number of halogens is 2. The number of carbonyl (C=O) groups excluding carboxylic acids is 1. The van der Waals surface area contributed by atoms with Crippen molar-refractivity contribution in [1.82, 2.24) is 10.2 Å². The van der Waals surface area contributed by atoms with E-state index in [4.69, 9.17) is 0 Å². The molecule has 21 heavy (non-hydrogen) atoms. The van der Waals surface area contributed by atoms with E-state index in [0.29, 0.717) is 11.0 Å². The van der Waals surface area contributed by atoms with E-state index < -0.39 is 11.6 Å². The van der Waals surface area contributed by atoms with Crippen molar-refractivity contribution in [2.75, 3.05) is 11.1 Å². The topological polar surface area (TPSA) is 54.9 Å². The largest absolute Gasteiger partial charge is 0.300 e. The van der Waals surface area contributed by atoms with Gasteiger partial charge in [0.05, 0.1) is 5.75 Å². The highest BCUT2D eigenvalue weighted by atomic mass is 32.2. The monoisotopic (exact) mass is 327 g/mol. The number of nitrogens with one attached hydrogen (secondary N) is 1. The van der Waals surface area contributed by atoms with E-state index in [9.17, 15) is 13.6 Å². The Labute approximate surface area is 128 Å². The summed E-state index contributed by atoms with van der Waals surface area (Å²) >= 11 is 2.38. The van der Waals surface area contributed by atoms with Gasteiger partial charge in [-0.1, -0.05) is 11.3 Å². The number of aromatic nitrogens is 2. The molecule has 1 aliphatic rings. The lowest BCUT2D eigenvalue weighted by Crippen LogP contribution is -2.13. The van der Waals surface area contributed by atoms with Crippen molar-refractivity contribution in [3.63, 3.8) is 0 Å². The smallest absolute Gasteiger partial charge is 0.236 e. The molecule has 1 fully saturated rings. The van der Waals surface area contributed by atoms with Gasteiger partial charge in [-0.25, -0.2) is 8.78 Å². The Bertz CT molecular complexity index is 673. The first-order chi connectivity index (χ1) is 10.1. The number of benzene rings is 1. The third-order valence-corrected chi connectivity index (χ3v) is 4.92. The Kier molecular flexibility index (Phi) is 4.16. The first-order valence-electron chi connectivity index (χ1n) is 6.33. The fraction of sp³-hybridized carbons (Fsp3) is 0.308. The van der Waals surface area contributed by atoms with Gasteiger partial charge in [-0.05, 0) is 25.0 Å². The number of carbonyl (C=O) groups is 1. The van der Waals surface area contributed by atoms with Gasteiger partial charge in [-0.15, -0.1) is 22.0 Å². The molecule has 0 bridgehead atoms. The molecule has 1 aromatic carbocycles. The molecule has 1 N–H and O–H groups in total. The van der Waals surface area contributed by atoms with E-state index in [0.717, 1.165) is 41.7 Å². The summed E-state index contributed by atoms with van der Waals surface area (Å²) in [6.07, 6.45) is 2.25. The van der Waals surface area contributed by atoms with Crippen LogP contribution in [0.3, 0.4) is 0 Å². The second-order valence-corrected chi connectivity index (χ2v) is 6.66. The van der Waals surface area contributed by atoms with Gasteiger partial charge < -0.3 is 0 Å². The van der Waals surface area contributed by atoms with Crippen LogP contribution in [0.4, 0.5) is 13.9 Å². The molecule has 0 spiro atoms. The van der Waals surface area contributed by atoms with Crippen LogP contribution < -0.4 is 5.32 Å². The summed E-state index contributed by atoms with van der Waals surface area (Å²) in [7, 11) is 0. The number of thioether (sulfide) groups is 1. The normalized spacial score (nSPS) is 14.2. The Morgan fingerprint density at radius 1 is 1.38 bits per heavy atom. The Balaban J connectivity index is 1.53. The predicted octanol–water partition coefficient (Wildman–Crippen LogP) is 3.42. The number of rotatable bonds is 5. The molecule has 1 aromatic heterocycles. The number of hydrogen-bond donors (Lipinski definition) is 1. The van der Waals surface area contributed by atoms with Gasteiger partial charge in [-0.3, -0.25) is 10.1 Å². The third-order valence-electron chi connectivity index (χ3n) is 2.87. The SMILES string of the molecule is O=C(CSc1ccc(F)cc1F)Nc1nnc(C2CC2)s1. The molecule has 0 aliphatic heterocycles. The highest BCUT2D eigenvalue weighted by Crippen LogP contribution is 2.42. The molecular formula is C13H11F2N3OS2. The minimum atomic E-state index is -0.667. The predicted molar refractivity (Wildman–Crippen MR) is 77.6 cm³/mol. The lowest BCUT2D eigenvalue weighted by atomic mass is 10.3. The van der Waals surface area contributed by atoms with Crippen LogP contribution in [0.1, 0.15) is 23.8 Å². The lowest BCUT2D eigenvalue weighted by Gasteiger charge is -2.03. The van der Waals surface area contributed by atoms with Crippen molar-refractivity contribution in [1.29, 1.82) is 0 Å². The molecular weight excluding hydrogens is 316 g/mol. The van der Waals surface area contributed by atoms with E-state index in [-0.39, 0.29) is 16.6 Å². The second kappa shape index (κ2) is 6.07. The first kappa shape index (κ1) is 14.4. The highest BCUT2D eigenvalue weighted by molar-refractivity contribution is 8.00. The van der Waals surface area contributed by atoms with Crippen LogP contribution in [0.25, 0.3) is 0 Å². The third kappa shape index (κ3) is 3.76. The van der Waals surface area contributed by atoms with Crippen LogP contribution in [-0.4, -0.2) is 21.9 Å². The molecule has 0 radical (unpaired) electrons. The van der Waals surface area contributed by atoms with E-state index in [2.05, 4.69) is 15.5 Å². The molecule has 110 valence electrons. The molecule has 4 nitrogen and oxygen atoms in total. The van der Waals surface area contributed by atoms with Crippen LogP contribution in [0.5, 0.6) is 0 Å². The van der Waals surface area contributed by atoms with Gasteiger partial charge in [0, 0.05) is 16.9 Å². The molecule has 0 atom stereocenters. The molecule has 0 unspecified atom stereocenters. The summed E-state index contributed by atoms with van der Waals surface area (Å²) in [4.78, 5) is 12.0. The molecule has 1 amide bonds. The van der Waals surface area contributed by atoms with Crippen molar-refractivity contribution < 1.29 is 13.6 Å². The van der Waals surface area contributed by atoms with Crippen LogP contribution in [0, 0.1) is 11.6 Å². The fourth-order valence-electron chi connectivity index (χ4n) is 1.67. The fourth-order valence-corrected chi connectivity index (χ4v) is 3.32. The average Bonchev–Trinajstić information content (AvgIpc) is 3.19. The maximum absolute atomic E-state index is 13.4. The number of anilines is 1. The van der Waals surface area contributed by atoms with E-state index in [1.807, 2.05) is 0 Å². The summed E-state index contributed by atoms with van der Waals surface area (Å²) in [5.41, 5.74) is 0. The molecule has 1 aliphatic carbocycles. The number of hydrogen-bond acceptors (Lipinski definition) is 5. The maximum Gasteiger partial charge on any atom is 0.236 e. The summed E-state index contributed by atoms with van der Waals surface area (Å²) in [5.74, 6) is -1.07. The van der Waals surface area contributed by atoms with Gasteiger partial charge >= 0.3 is 0 Å². The standard InChI is InChI=1S/C13H11F2N3OS2/c14-8-3-4-10(9(15)5-8)20-6-11(19)16-13-18-17-12(21-13)7-1-2-7/h3-5,7H,1-2,6H2,(H,16,18,19). The van der Waals surface area contributed by atoms with Crippen LogP contribution in [-0.2, 0) is 4.79 Å². The zero-order valence-corrected chi connectivity index (χ0v) is 12.4. The Morgan fingerprint density at radius 2 is 2.19 bits per heavy atom. The summed E-state index contributed by atoms with van der Waals surface area (Å²) < 4.78 is 26.2. The minimum absolute atomic E-state index is 0.0287. The van der Waals surface area contributed by atoms with E-state index in [1.165, 1.54) is 17.4 Å². The van der Waals surface area contributed by atoms with Gasteiger partial charge in [0.25, 0.3) is 0 Å². The van der Waals surface area contributed by atoms with Crippen molar-refractivity contribution in [3.05, 3.63) is 34.8 Å². The van der Waals surface area contributed by atoms with Crippen molar-refractivity contribution in [3.8, 4) is 0 Å². The van der Waals surface area contributed by atoms with Gasteiger partial charge in [0.1, 0.15) is 16.6 Å². The molecule has 8 heteroatoms. The average molecular weight is 327 g/mol. The summed E-state index contributed by atoms with van der Waals surface area (Å²) in [5, 5.41) is 12.0. The van der Waals surface area contributed by atoms with Gasteiger partial charge in [-0.2, -0.15) is 0 Å². The van der Waals surface area contributed by atoms with E-state index in [1.54, 1.807) is 0 Å². The molecule has 2 aromatic rings. The number of nitrogens with zero attached hydrogens (tertiary/aromatic N) is 2. The zero-order chi connectivity index (χ0) is 14.8. The van der Waals surface area contributed by atoms with Crippen molar-refractivity contribution >= 4 is 34.1 Å². The number of amides is 1. The van der Waals surface area contributed by atoms with Crippen LogP contribution in [0.2, 0.25) is 0 Å². The van der Waals surface area contributed by atoms with Crippen molar-refractivity contribution in [2.45, 2.75) is 23.7 Å². The summed E-state index contributed by atoms with van der Waals surface area (Å²) in [6.45, 7) is 0. The van der Waals surface area contributed by atoms with Gasteiger partial charge in [0.2, 0.25) is 11.0 Å². The van der Waals surface area contributed by atoms with Gasteiger partial charge in [0.15, 0.2) is 0 Å². The Hall–Kier alpha value is -1.54. The molecule has 0 saturated heterocycles. The van der Waals surface area contributed by atoms with Crippen LogP contribution in [0.15, 0.2) is 23.1 Å². The molecule has 1 saturated carbocycles.